The van der Waals surface area contributed by atoms with Gasteiger partial charge >= 0.3 is 6.09 Å². The van der Waals surface area contributed by atoms with E-state index in [0.29, 0.717) is 13.0 Å². The van der Waals surface area contributed by atoms with Gasteiger partial charge in [0.1, 0.15) is 0 Å². The van der Waals surface area contributed by atoms with E-state index in [1.807, 2.05) is 0 Å². The van der Waals surface area contributed by atoms with Gasteiger partial charge in [0.25, 0.3) is 0 Å². The quantitative estimate of drug-likeness (QED) is 0.426. The van der Waals surface area contributed by atoms with Gasteiger partial charge in [0.15, 0.2) is 0 Å². The summed E-state index contributed by atoms with van der Waals surface area (Å²) in [6.07, 6.45) is -1.13. The van der Waals surface area contributed by atoms with Gasteiger partial charge in [-0.3, -0.25) is 0 Å². The first-order valence-electron chi connectivity index (χ1n) is 3.51. The predicted molar refractivity (Wildman–Crippen MR) is 38.2 cm³/mol. The first-order valence-corrected chi connectivity index (χ1v) is 3.51. The fourth-order valence-electron chi connectivity index (χ4n) is 1.27. The molecule has 5 nitrogen and oxygen atoms in total. The number of hydrogen-bond acceptors (Lipinski definition) is 3. The zero-order valence-corrected chi connectivity index (χ0v) is 6.10. The van der Waals surface area contributed by atoms with Crippen LogP contribution in [0.4, 0.5) is 4.79 Å². The minimum Gasteiger partial charge on any atom is -0.465 e. The summed E-state index contributed by atoms with van der Waals surface area (Å²) in [5.74, 6) is 0. The van der Waals surface area contributed by atoms with Crippen molar-refractivity contribution in [2.24, 2.45) is 5.73 Å². The van der Waals surface area contributed by atoms with Crippen LogP contribution < -0.4 is 5.73 Å². The molecule has 1 aliphatic heterocycles. The fraction of sp³-hybridized carbons (Fsp3) is 0.833. The molecule has 0 bridgehead atoms. The number of amides is 1. The lowest BCUT2D eigenvalue weighted by Gasteiger charge is -2.31. The maximum Gasteiger partial charge on any atom is 0.407 e. The van der Waals surface area contributed by atoms with Gasteiger partial charge in [-0.2, -0.15) is 0 Å². The van der Waals surface area contributed by atoms with E-state index < -0.39 is 12.2 Å². The van der Waals surface area contributed by atoms with Crippen LogP contribution in [0.5, 0.6) is 0 Å². The molecule has 1 fully saturated rings. The molecule has 1 rings (SSSR count). The van der Waals surface area contributed by atoms with E-state index >= 15 is 0 Å². The smallest absolute Gasteiger partial charge is 0.407 e. The zero-order valence-electron chi connectivity index (χ0n) is 6.10. The van der Waals surface area contributed by atoms with Crippen LogP contribution in [0.1, 0.15) is 6.42 Å². The second-order valence-corrected chi connectivity index (χ2v) is 2.84. The van der Waals surface area contributed by atoms with Crippen molar-refractivity contribution in [3.05, 3.63) is 0 Å². The Labute approximate surface area is 64.4 Å². The van der Waals surface area contributed by atoms with E-state index in [1.165, 1.54) is 0 Å². The summed E-state index contributed by atoms with van der Waals surface area (Å²) in [4.78, 5) is 11.5. The van der Waals surface area contributed by atoms with Crippen molar-refractivity contribution in [3.8, 4) is 0 Å². The molecule has 0 aromatic carbocycles. The van der Waals surface area contributed by atoms with Gasteiger partial charge in [0.05, 0.1) is 12.6 Å². The fourth-order valence-corrected chi connectivity index (χ4v) is 1.27. The molecular formula is C6H12N2O3. The highest BCUT2D eigenvalue weighted by Crippen LogP contribution is 2.08. The van der Waals surface area contributed by atoms with E-state index in [4.69, 9.17) is 15.9 Å². The van der Waals surface area contributed by atoms with Gasteiger partial charge in [0.2, 0.25) is 0 Å². The summed E-state index contributed by atoms with van der Waals surface area (Å²) in [5.41, 5.74) is 5.49. The van der Waals surface area contributed by atoms with Crippen molar-refractivity contribution in [3.63, 3.8) is 0 Å². The van der Waals surface area contributed by atoms with E-state index in [9.17, 15) is 4.79 Å². The van der Waals surface area contributed by atoms with E-state index in [1.54, 1.807) is 0 Å². The van der Waals surface area contributed by atoms with E-state index in [2.05, 4.69) is 0 Å². The average molecular weight is 160 g/mol. The first-order chi connectivity index (χ1) is 5.09. The highest BCUT2D eigenvalue weighted by atomic mass is 16.4. The van der Waals surface area contributed by atoms with Crippen LogP contribution in [0, 0.1) is 0 Å². The van der Waals surface area contributed by atoms with Crippen molar-refractivity contribution in [1.82, 2.24) is 4.90 Å². The monoisotopic (exact) mass is 160 g/mol. The molecule has 64 valence electrons. The Balaban J connectivity index is 2.49. The lowest BCUT2D eigenvalue weighted by molar-refractivity contribution is 0.0576. The summed E-state index contributed by atoms with van der Waals surface area (Å²) in [5, 5.41) is 17.6. The van der Waals surface area contributed by atoms with Crippen molar-refractivity contribution in [1.29, 1.82) is 0 Å². The summed E-state index contributed by atoms with van der Waals surface area (Å²) >= 11 is 0. The van der Waals surface area contributed by atoms with Crippen molar-refractivity contribution in [2.45, 2.75) is 18.6 Å². The second kappa shape index (κ2) is 3.06. The van der Waals surface area contributed by atoms with Crippen LogP contribution in [-0.2, 0) is 0 Å². The first kappa shape index (κ1) is 8.29. The molecule has 1 amide bonds. The lowest BCUT2D eigenvalue weighted by atomic mass is 10.1. The van der Waals surface area contributed by atoms with E-state index in [-0.39, 0.29) is 12.6 Å². The predicted octanol–water partition coefficient (Wildman–Crippen LogP) is -0.942. The summed E-state index contributed by atoms with van der Waals surface area (Å²) in [6.45, 7) is 0.509. The van der Waals surface area contributed by atoms with Gasteiger partial charge in [0, 0.05) is 12.6 Å². The lowest BCUT2D eigenvalue weighted by Crippen LogP contribution is -2.50. The third-order valence-electron chi connectivity index (χ3n) is 1.73. The number of rotatable bonds is 0. The number of piperidine rings is 1. The Morgan fingerprint density at radius 1 is 1.55 bits per heavy atom. The molecule has 11 heavy (non-hydrogen) atoms. The molecule has 1 heterocycles. The van der Waals surface area contributed by atoms with Crippen molar-refractivity contribution >= 4 is 6.09 Å². The van der Waals surface area contributed by atoms with Crippen LogP contribution in [-0.4, -0.2) is 46.4 Å². The van der Waals surface area contributed by atoms with Crippen LogP contribution in [0.2, 0.25) is 0 Å². The third kappa shape index (κ3) is 2.06. The molecular weight excluding hydrogens is 148 g/mol. The average Bonchev–Trinajstić information content (AvgIpc) is 1.85. The summed E-state index contributed by atoms with van der Waals surface area (Å²) < 4.78 is 0. The minimum absolute atomic E-state index is 0.184. The topological polar surface area (TPSA) is 86.8 Å². The maximum absolute atomic E-state index is 10.4. The zero-order chi connectivity index (χ0) is 8.43. The Morgan fingerprint density at radius 2 is 2.18 bits per heavy atom. The van der Waals surface area contributed by atoms with Gasteiger partial charge < -0.3 is 20.8 Å². The molecule has 4 N–H and O–H groups in total. The van der Waals surface area contributed by atoms with Gasteiger partial charge in [-0.1, -0.05) is 0 Å². The number of carbonyl (C=O) groups is 1. The van der Waals surface area contributed by atoms with Crippen LogP contribution >= 0.6 is 0 Å². The summed E-state index contributed by atoms with van der Waals surface area (Å²) in [7, 11) is 0. The number of β-amino-alcohol motifs (C(OH)–C–C–N with tert-alkyl or cyclic N) is 1. The largest absolute Gasteiger partial charge is 0.465 e. The van der Waals surface area contributed by atoms with E-state index in [0.717, 1.165) is 4.90 Å². The molecule has 0 aliphatic carbocycles. The van der Waals surface area contributed by atoms with Crippen LogP contribution in [0.3, 0.4) is 0 Å². The van der Waals surface area contributed by atoms with Crippen molar-refractivity contribution in [2.75, 3.05) is 13.1 Å². The highest BCUT2D eigenvalue weighted by Gasteiger charge is 2.26. The molecule has 0 radical (unpaired) electrons. The number of hydrogen-bond donors (Lipinski definition) is 3. The van der Waals surface area contributed by atoms with Gasteiger partial charge in [-0.25, -0.2) is 4.79 Å². The minimum atomic E-state index is -1.01. The molecule has 1 saturated heterocycles. The second-order valence-electron chi connectivity index (χ2n) is 2.84. The number of aliphatic hydroxyl groups is 1. The Kier molecular flexibility index (Phi) is 2.31. The normalized spacial score (nSPS) is 32.0. The maximum atomic E-state index is 10.4. The molecule has 0 aromatic heterocycles. The number of likely N-dealkylation sites (tertiary alicyclic amines) is 1. The standard InChI is InChI=1S/C6H12N2O3/c7-4-1-5(9)3-8(2-4)6(10)11/h4-5,9H,1-3,7H2,(H,10,11)/t4-,5+/m1/s1. The number of nitrogens with zero attached hydrogens (tertiary/aromatic N) is 1. The number of nitrogens with two attached hydrogens (primary N) is 1. The molecule has 0 unspecified atom stereocenters. The Morgan fingerprint density at radius 3 is 2.64 bits per heavy atom. The molecule has 0 spiro atoms. The third-order valence-corrected chi connectivity index (χ3v) is 1.73. The van der Waals surface area contributed by atoms with Crippen LogP contribution in [0.25, 0.3) is 0 Å². The van der Waals surface area contributed by atoms with Gasteiger partial charge in [-0.15, -0.1) is 0 Å². The molecule has 0 saturated carbocycles. The summed E-state index contributed by atoms with van der Waals surface area (Å²) in [6, 6.07) is -0.227. The van der Waals surface area contributed by atoms with Crippen LogP contribution in [0.15, 0.2) is 0 Å². The number of aliphatic hydroxyl groups excluding tert-OH is 1. The molecule has 5 heteroatoms. The SMILES string of the molecule is N[C@@H]1C[C@H](O)CN(C(=O)O)C1. The highest BCUT2D eigenvalue weighted by molar-refractivity contribution is 5.65. The van der Waals surface area contributed by atoms with Gasteiger partial charge in [-0.05, 0) is 6.42 Å². The molecule has 2 atom stereocenters. The Hall–Kier alpha value is -0.810. The Bertz CT molecular complexity index is 152. The number of carboxylic acid groups (broad SMARTS) is 1. The molecule has 1 aliphatic rings. The molecule has 0 aromatic rings. The van der Waals surface area contributed by atoms with Crippen molar-refractivity contribution < 1.29 is 15.0 Å².